The van der Waals surface area contributed by atoms with E-state index in [4.69, 9.17) is 11.8 Å². The van der Waals surface area contributed by atoms with Crippen LogP contribution in [0.3, 0.4) is 0 Å². The van der Waals surface area contributed by atoms with Gasteiger partial charge in [0.2, 0.25) is 0 Å². The lowest BCUT2D eigenvalue weighted by atomic mass is 10.2. The van der Waals surface area contributed by atoms with Gasteiger partial charge >= 0.3 is 0 Å². The maximum absolute atomic E-state index is 5.41. The highest BCUT2D eigenvalue weighted by molar-refractivity contribution is 8.17. The van der Waals surface area contributed by atoms with Gasteiger partial charge in [-0.1, -0.05) is 41.6 Å². The van der Waals surface area contributed by atoms with E-state index in [2.05, 4.69) is 44.5 Å². The maximum atomic E-state index is 5.41. The quantitative estimate of drug-likeness (QED) is 0.604. The van der Waals surface area contributed by atoms with Crippen molar-refractivity contribution in [1.29, 1.82) is 0 Å². The molecule has 0 unspecified atom stereocenters. The fourth-order valence-corrected chi connectivity index (χ4v) is 2.14. The zero-order chi connectivity index (χ0) is 8.48. The van der Waals surface area contributed by atoms with Crippen molar-refractivity contribution >= 4 is 23.1 Å². The molecule has 11 heavy (non-hydrogen) atoms. The minimum atomic E-state index is -1.20. The van der Waals surface area contributed by atoms with Crippen LogP contribution in [0.5, 0.6) is 0 Å². The van der Waals surface area contributed by atoms with E-state index in [1.54, 1.807) is 0 Å². The summed E-state index contributed by atoms with van der Waals surface area (Å²) in [6.07, 6.45) is 0. The third kappa shape index (κ3) is 2.43. The summed E-state index contributed by atoms with van der Waals surface area (Å²) >= 11 is 5.41. The zero-order valence-corrected chi connectivity index (χ0v) is 8.88. The molecule has 0 aliphatic heterocycles. The van der Waals surface area contributed by atoms with E-state index in [0.717, 1.165) is 0 Å². The van der Waals surface area contributed by atoms with E-state index in [1.807, 2.05) is 0 Å². The Kier molecular flexibility index (Phi) is 2.51. The topological polar surface area (TPSA) is 0 Å². The molecule has 0 amide bonds. The number of hydrogen-bond donors (Lipinski definition) is 0. The minimum absolute atomic E-state index is 1.20. The smallest absolute Gasteiger partial charge is 0.0147 e. The van der Waals surface area contributed by atoms with Crippen LogP contribution in [0.25, 0.3) is 0 Å². The fraction of sp³-hybridized carbons (Fsp3) is 0.333. The van der Waals surface area contributed by atoms with Gasteiger partial charge in [0.1, 0.15) is 0 Å². The van der Waals surface area contributed by atoms with Gasteiger partial charge in [-0.3, -0.25) is 0 Å². The molecule has 0 heterocycles. The van der Waals surface area contributed by atoms with Crippen LogP contribution < -0.4 is 5.30 Å². The number of aryl methyl sites for hydroxylation is 1. The van der Waals surface area contributed by atoms with Gasteiger partial charge in [0.15, 0.2) is 0 Å². The van der Waals surface area contributed by atoms with Crippen LogP contribution in [0.2, 0.25) is 0 Å². The van der Waals surface area contributed by atoms with Gasteiger partial charge in [0.05, 0.1) is 0 Å². The van der Waals surface area contributed by atoms with Crippen molar-refractivity contribution in [1.82, 2.24) is 0 Å². The Morgan fingerprint density at radius 3 is 1.91 bits per heavy atom. The average molecular weight is 184 g/mol. The molecule has 0 aliphatic rings. The third-order valence-corrected chi connectivity index (χ3v) is 3.83. The molecule has 0 saturated heterocycles. The Balaban J connectivity index is 3.09. The Morgan fingerprint density at radius 1 is 1.09 bits per heavy atom. The molecule has 0 nitrogen and oxygen atoms in total. The third-order valence-electron chi connectivity index (χ3n) is 1.66. The highest BCUT2D eigenvalue weighted by atomic mass is 32.4. The summed E-state index contributed by atoms with van der Waals surface area (Å²) in [6, 6.07) is 7.35. The first kappa shape index (κ1) is 8.96. The van der Waals surface area contributed by atoms with E-state index < -0.39 is 6.04 Å². The Bertz CT molecular complexity index is 281. The van der Waals surface area contributed by atoms with Crippen LogP contribution >= 0.6 is 6.04 Å². The van der Waals surface area contributed by atoms with Gasteiger partial charge in [0.25, 0.3) is 0 Å². The van der Waals surface area contributed by atoms with Crippen molar-refractivity contribution < 1.29 is 0 Å². The summed E-state index contributed by atoms with van der Waals surface area (Å²) < 4.78 is 0. The van der Waals surface area contributed by atoms with Crippen LogP contribution in [0.1, 0.15) is 5.56 Å². The van der Waals surface area contributed by atoms with Crippen molar-refractivity contribution in [3.63, 3.8) is 0 Å². The van der Waals surface area contributed by atoms with Gasteiger partial charge in [-0.05, 0) is 31.6 Å². The second kappa shape index (κ2) is 3.08. The minimum Gasteiger partial charge on any atom is -0.0931 e. The molecular formula is C9H13PS. The van der Waals surface area contributed by atoms with Crippen molar-refractivity contribution in [3.8, 4) is 0 Å². The first-order valence-corrected chi connectivity index (χ1v) is 7.32. The van der Waals surface area contributed by atoms with E-state index >= 15 is 0 Å². The molecule has 60 valence electrons. The lowest BCUT2D eigenvalue weighted by Crippen LogP contribution is -2.00. The molecule has 0 atom stereocenters. The molecule has 0 spiro atoms. The van der Waals surface area contributed by atoms with Gasteiger partial charge in [-0.2, -0.15) is 0 Å². The SMILES string of the molecule is Cc1ccc(P(C)(C)=S)cc1. The highest BCUT2D eigenvalue weighted by Crippen LogP contribution is 2.34. The summed E-state index contributed by atoms with van der Waals surface area (Å²) in [6.45, 7) is 6.42. The van der Waals surface area contributed by atoms with Gasteiger partial charge in [0, 0.05) is 0 Å². The molecular weight excluding hydrogens is 171 g/mol. The van der Waals surface area contributed by atoms with Crippen molar-refractivity contribution in [2.75, 3.05) is 13.3 Å². The molecule has 2 heteroatoms. The summed E-state index contributed by atoms with van der Waals surface area (Å²) in [5, 5.41) is 1.33. The largest absolute Gasteiger partial charge is 0.0931 e. The molecule has 1 aromatic rings. The summed E-state index contributed by atoms with van der Waals surface area (Å²) in [7, 11) is 0. The fourth-order valence-electron chi connectivity index (χ4n) is 0.904. The van der Waals surface area contributed by atoms with Crippen molar-refractivity contribution in [2.24, 2.45) is 0 Å². The number of hydrogen-bond acceptors (Lipinski definition) is 1. The average Bonchev–Trinajstić information content (AvgIpc) is 1.86. The summed E-state index contributed by atoms with van der Waals surface area (Å²) in [4.78, 5) is 0. The van der Waals surface area contributed by atoms with E-state index in [9.17, 15) is 0 Å². The maximum Gasteiger partial charge on any atom is -0.0147 e. The van der Waals surface area contributed by atoms with Crippen LogP contribution in [-0.4, -0.2) is 13.3 Å². The van der Waals surface area contributed by atoms with Gasteiger partial charge in [-0.15, -0.1) is 0 Å². The second-order valence-corrected chi connectivity index (χ2v) is 9.14. The lowest BCUT2D eigenvalue weighted by Gasteiger charge is -2.09. The first-order valence-electron chi connectivity index (χ1n) is 3.62. The number of benzene rings is 1. The van der Waals surface area contributed by atoms with Gasteiger partial charge in [-0.25, -0.2) is 0 Å². The van der Waals surface area contributed by atoms with Gasteiger partial charge < -0.3 is 0 Å². The first-order chi connectivity index (χ1) is 5.00. The summed E-state index contributed by atoms with van der Waals surface area (Å²) in [5.41, 5.74) is 1.30. The van der Waals surface area contributed by atoms with Crippen LogP contribution in [0.4, 0.5) is 0 Å². The molecule has 1 rings (SSSR count). The highest BCUT2D eigenvalue weighted by Gasteiger charge is 2.03. The predicted molar refractivity (Wildman–Crippen MR) is 56.9 cm³/mol. The Hall–Kier alpha value is -0.130. The van der Waals surface area contributed by atoms with Crippen LogP contribution in [0.15, 0.2) is 24.3 Å². The molecule has 0 aromatic heterocycles. The molecule has 0 fully saturated rings. The number of rotatable bonds is 1. The monoisotopic (exact) mass is 184 g/mol. The van der Waals surface area contributed by atoms with Crippen LogP contribution in [-0.2, 0) is 11.8 Å². The normalized spacial score (nSPS) is 11.5. The predicted octanol–water partition coefficient (Wildman–Crippen LogP) is 2.36. The Morgan fingerprint density at radius 2 is 1.55 bits per heavy atom. The molecule has 0 radical (unpaired) electrons. The summed E-state index contributed by atoms with van der Waals surface area (Å²) in [5.74, 6) is 0. The van der Waals surface area contributed by atoms with E-state index in [0.29, 0.717) is 0 Å². The van der Waals surface area contributed by atoms with Crippen LogP contribution in [0, 0.1) is 6.92 Å². The molecule has 1 aromatic carbocycles. The zero-order valence-electron chi connectivity index (χ0n) is 7.16. The van der Waals surface area contributed by atoms with Crippen molar-refractivity contribution in [3.05, 3.63) is 29.8 Å². The lowest BCUT2D eigenvalue weighted by molar-refractivity contribution is 1.49. The molecule has 0 saturated carbocycles. The molecule has 0 bridgehead atoms. The Labute approximate surface area is 73.6 Å². The standard InChI is InChI=1S/C9H13PS/c1-8-4-6-9(7-5-8)10(2,3)11/h4-7H,1-3H3. The molecule has 0 N–H and O–H groups in total. The van der Waals surface area contributed by atoms with Crippen molar-refractivity contribution in [2.45, 2.75) is 6.92 Å². The molecule has 0 aliphatic carbocycles. The second-order valence-electron chi connectivity index (χ2n) is 3.19. The van der Waals surface area contributed by atoms with E-state index in [-0.39, 0.29) is 0 Å². The van der Waals surface area contributed by atoms with E-state index in [1.165, 1.54) is 10.9 Å².